The minimum absolute atomic E-state index is 0.124. The zero-order valence-electron chi connectivity index (χ0n) is 10.8. The molecule has 0 spiro atoms. The number of methoxy groups -OCH3 is 1. The van der Waals surface area contributed by atoms with Gasteiger partial charge in [0.1, 0.15) is 6.61 Å². The summed E-state index contributed by atoms with van der Waals surface area (Å²) in [5.41, 5.74) is 0.984. The van der Waals surface area contributed by atoms with E-state index in [1.807, 2.05) is 6.92 Å². The number of rotatable bonds is 7. The van der Waals surface area contributed by atoms with Gasteiger partial charge < -0.3 is 9.47 Å². The van der Waals surface area contributed by atoms with Gasteiger partial charge in [0, 0.05) is 13.7 Å². The highest BCUT2D eigenvalue weighted by molar-refractivity contribution is 7.86. The Hall–Kier alpha value is -0.950. The van der Waals surface area contributed by atoms with E-state index in [0.717, 1.165) is 5.56 Å². The Morgan fingerprint density at radius 1 is 1.22 bits per heavy atom. The summed E-state index contributed by atoms with van der Waals surface area (Å²) in [5.74, 6) is 0. The van der Waals surface area contributed by atoms with Crippen molar-refractivity contribution in [1.29, 1.82) is 0 Å². The van der Waals surface area contributed by atoms with Crippen molar-refractivity contribution in [3.8, 4) is 0 Å². The molecule has 6 heteroatoms. The third kappa shape index (κ3) is 4.38. The predicted octanol–water partition coefficient (Wildman–Crippen LogP) is 1.71. The fourth-order valence-electron chi connectivity index (χ4n) is 1.29. The number of aryl methyl sites for hydroxylation is 1. The first-order valence-electron chi connectivity index (χ1n) is 5.60. The smallest absolute Gasteiger partial charge is 0.297 e. The Bertz CT molecular complexity index is 452. The average molecular weight is 274 g/mol. The molecule has 0 radical (unpaired) electrons. The molecule has 1 aromatic rings. The second kappa shape index (κ2) is 6.84. The predicted molar refractivity (Wildman–Crippen MR) is 66.7 cm³/mol. The molecule has 0 bridgehead atoms. The topological polar surface area (TPSA) is 61.8 Å². The SMILES string of the molecule is CCO[C@@H](COS(=O)(=O)c1ccc(C)cc1)OC. The van der Waals surface area contributed by atoms with Crippen LogP contribution in [0.15, 0.2) is 29.2 Å². The number of benzene rings is 1. The summed E-state index contributed by atoms with van der Waals surface area (Å²) in [7, 11) is -2.33. The third-order valence-electron chi connectivity index (χ3n) is 2.28. The lowest BCUT2D eigenvalue weighted by Crippen LogP contribution is -2.24. The van der Waals surface area contributed by atoms with Gasteiger partial charge in [-0.1, -0.05) is 17.7 Å². The summed E-state index contributed by atoms with van der Waals surface area (Å²) in [6.45, 7) is 3.93. The van der Waals surface area contributed by atoms with Gasteiger partial charge in [-0.05, 0) is 26.0 Å². The van der Waals surface area contributed by atoms with Crippen molar-refractivity contribution in [1.82, 2.24) is 0 Å². The van der Waals surface area contributed by atoms with E-state index in [1.54, 1.807) is 19.1 Å². The molecule has 0 saturated carbocycles. The largest absolute Gasteiger partial charge is 0.353 e. The van der Waals surface area contributed by atoms with E-state index in [0.29, 0.717) is 6.61 Å². The van der Waals surface area contributed by atoms with Crippen LogP contribution in [-0.4, -0.2) is 35.0 Å². The van der Waals surface area contributed by atoms with Gasteiger partial charge in [-0.15, -0.1) is 0 Å². The van der Waals surface area contributed by atoms with E-state index in [4.69, 9.17) is 13.7 Å². The Balaban J connectivity index is 2.67. The van der Waals surface area contributed by atoms with Crippen LogP contribution in [0.1, 0.15) is 12.5 Å². The first-order valence-corrected chi connectivity index (χ1v) is 7.01. The zero-order chi connectivity index (χ0) is 13.6. The summed E-state index contributed by atoms with van der Waals surface area (Å²) in [6.07, 6.45) is -0.685. The van der Waals surface area contributed by atoms with Crippen molar-refractivity contribution in [3.63, 3.8) is 0 Å². The van der Waals surface area contributed by atoms with Crippen LogP contribution in [0.3, 0.4) is 0 Å². The lowest BCUT2D eigenvalue weighted by molar-refractivity contribution is -0.137. The molecule has 0 fully saturated rings. The van der Waals surface area contributed by atoms with Gasteiger partial charge in [0.2, 0.25) is 0 Å². The quantitative estimate of drug-likeness (QED) is 0.559. The normalized spacial score (nSPS) is 13.5. The van der Waals surface area contributed by atoms with Crippen molar-refractivity contribution in [3.05, 3.63) is 29.8 Å². The van der Waals surface area contributed by atoms with Gasteiger partial charge in [0.25, 0.3) is 10.1 Å². The van der Waals surface area contributed by atoms with Crippen LogP contribution in [0, 0.1) is 6.92 Å². The average Bonchev–Trinajstić information content (AvgIpc) is 2.35. The maximum absolute atomic E-state index is 11.8. The van der Waals surface area contributed by atoms with Crippen LogP contribution >= 0.6 is 0 Å². The molecule has 0 saturated heterocycles. The zero-order valence-corrected chi connectivity index (χ0v) is 11.6. The highest BCUT2D eigenvalue weighted by atomic mass is 32.2. The molecule has 0 heterocycles. The van der Waals surface area contributed by atoms with Crippen molar-refractivity contribution in [2.45, 2.75) is 25.0 Å². The van der Waals surface area contributed by atoms with E-state index < -0.39 is 16.4 Å². The summed E-state index contributed by atoms with van der Waals surface area (Å²) < 4.78 is 38.6. The molecule has 18 heavy (non-hydrogen) atoms. The fraction of sp³-hybridized carbons (Fsp3) is 0.500. The monoisotopic (exact) mass is 274 g/mol. The summed E-state index contributed by atoms with van der Waals surface area (Å²) in [6, 6.07) is 6.44. The Morgan fingerprint density at radius 3 is 2.33 bits per heavy atom. The maximum Gasteiger partial charge on any atom is 0.297 e. The molecule has 5 nitrogen and oxygen atoms in total. The van der Waals surface area contributed by atoms with E-state index in [9.17, 15) is 8.42 Å². The van der Waals surface area contributed by atoms with Gasteiger partial charge in [-0.3, -0.25) is 4.18 Å². The molecule has 1 rings (SSSR count). The van der Waals surface area contributed by atoms with Crippen LogP contribution in [-0.2, 0) is 23.8 Å². The molecule has 0 aliphatic carbocycles. The Morgan fingerprint density at radius 2 is 1.83 bits per heavy atom. The number of hydrogen-bond acceptors (Lipinski definition) is 5. The molecule has 0 N–H and O–H groups in total. The van der Waals surface area contributed by atoms with Crippen LogP contribution in [0.25, 0.3) is 0 Å². The fourth-order valence-corrected chi connectivity index (χ4v) is 2.18. The molecule has 1 aromatic carbocycles. The van der Waals surface area contributed by atoms with E-state index >= 15 is 0 Å². The van der Waals surface area contributed by atoms with Crippen LogP contribution in [0.5, 0.6) is 0 Å². The molecule has 102 valence electrons. The minimum atomic E-state index is -3.76. The van der Waals surface area contributed by atoms with Gasteiger partial charge >= 0.3 is 0 Å². The molecule has 0 aliphatic heterocycles. The molecular formula is C12H18O5S. The minimum Gasteiger partial charge on any atom is -0.353 e. The lowest BCUT2D eigenvalue weighted by atomic mass is 10.2. The summed E-state index contributed by atoms with van der Waals surface area (Å²) in [5, 5.41) is 0. The van der Waals surface area contributed by atoms with Gasteiger partial charge in [-0.2, -0.15) is 8.42 Å². The second-order valence-corrected chi connectivity index (χ2v) is 5.29. The van der Waals surface area contributed by atoms with Crippen LogP contribution in [0.4, 0.5) is 0 Å². The van der Waals surface area contributed by atoms with Crippen LogP contribution < -0.4 is 0 Å². The summed E-state index contributed by atoms with van der Waals surface area (Å²) in [4.78, 5) is 0.124. The highest BCUT2D eigenvalue weighted by Crippen LogP contribution is 2.13. The summed E-state index contributed by atoms with van der Waals surface area (Å²) >= 11 is 0. The Labute approximate surface area is 108 Å². The van der Waals surface area contributed by atoms with Gasteiger partial charge in [-0.25, -0.2) is 0 Å². The molecule has 0 aromatic heterocycles. The van der Waals surface area contributed by atoms with Crippen molar-refractivity contribution < 1.29 is 22.1 Å². The van der Waals surface area contributed by atoms with Crippen molar-refractivity contribution in [2.24, 2.45) is 0 Å². The molecule has 0 amide bonds. The van der Waals surface area contributed by atoms with E-state index in [1.165, 1.54) is 19.2 Å². The number of ether oxygens (including phenoxy) is 2. The number of hydrogen-bond donors (Lipinski definition) is 0. The molecule has 1 atom stereocenters. The van der Waals surface area contributed by atoms with Gasteiger partial charge in [0.15, 0.2) is 6.29 Å². The molecular weight excluding hydrogens is 256 g/mol. The second-order valence-electron chi connectivity index (χ2n) is 3.67. The van der Waals surface area contributed by atoms with Crippen molar-refractivity contribution in [2.75, 3.05) is 20.3 Å². The molecule has 0 aliphatic rings. The van der Waals surface area contributed by atoms with Gasteiger partial charge in [0.05, 0.1) is 4.90 Å². The maximum atomic E-state index is 11.8. The first kappa shape index (κ1) is 15.1. The highest BCUT2D eigenvalue weighted by Gasteiger charge is 2.18. The van der Waals surface area contributed by atoms with Crippen LogP contribution in [0.2, 0.25) is 0 Å². The molecule has 0 unspecified atom stereocenters. The third-order valence-corrected chi connectivity index (χ3v) is 3.58. The lowest BCUT2D eigenvalue weighted by Gasteiger charge is -2.15. The van der Waals surface area contributed by atoms with E-state index in [2.05, 4.69) is 0 Å². The Kier molecular flexibility index (Phi) is 5.74. The first-order chi connectivity index (χ1) is 8.49. The standard InChI is InChI=1S/C12H18O5S/c1-4-16-12(15-3)9-17-18(13,14)11-7-5-10(2)6-8-11/h5-8,12H,4,9H2,1-3H3/t12-/m0/s1. The van der Waals surface area contributed by atoms with Crippen molar-refractivity contribution >= 4 is 10.1 Å². The van der Waals surface area contributed by atoms with E-state index in [-0.39, 0.29) is 11.5 Å².